The molecule has 1 amide bonds. The molecule has 0 aliphatic carbocycles. The van der Waals surface area contributed by atoms with Crippen molar-refractivity contribution in [2.45, 2.75) is 12.8 Å². The summed E-state index contributed by atoms with van der Waals surface area (Å²) in [5, 5.41) is 15.3. The van der Waals surface area contributed by atoms with Crippen molar-refractivity contribution in [1.29, 1.82) is 5.26 Å². The van der Waals surface area contributed by atoms with Crippen molar-refractivity contribution in [1.82, 2.24) is 5.32 Å². The maximum absolute atomic E-state index is 13.4. The average molecular weight is 418 g/mol. The Hall–Kier alpha value is -4.25. The van der Waals surface area contributed by atoms with E-state index in [2.05, 4.69) is 10.6 Å². The van der Waals surface area contributed by atoms with E-state index in [1.807, 2.05) is 6.07 Å². The fraction of sp³-hybridized carbons (Fsp3) is 0.174. The van der Waals surface area contributed by atoms with Crippen molar-refractivity contribution in [2.75, 3.05) is 25.3 Å². The molecular weight excluding hydrogens is 396 g/mol. The molecule has 2 aromatic rings. The van der Waals surface area contributed by atoms with Gasteiger partial charge in [0.25, 0.3) is 5.91 Å². The standard InChI is InChI=1S/C23H22N4O4/c1-13-19(22(28)27-16-9-4-5-10-18(16)30-2)20(14-7-6-8-15(25)11-14)21(23(29)31-3)17(12-24)26-13/h4-11,20,26H,25H2,1-3H3,(H,27,28). The van der Waals surface area contributed by atoms with Crippen molar-refractivity contribution >= 4 is 23.3 Å². The Balaban J connectivity index is 2.15. The van der Waals surface area contributed by atoms with Crippen molar-refractivity contribution in [3.63, 3.8) is 0 Å². The van der Waals surface area contributed by atoms with Gasteiger partial charge in [0, 0.05) is 17.0 Å². The zero-order valence-corrected chi connectivity index (χ0v) is 17.4. The second kappa shape index (κ2) is 9.05. The van der Waals surface area contributed by atoms with E-state index in [1.54, 1.807) is 55.5 Å². The van der Waals surface area contributed by atoms with Gasteiger partial charge >= 0.3 is 5.97 Å². The Bertz CT molecular complexity index is 1140. The Morgan fingerprint density at radius 3 is 2.52 bits per heavy atom. The number of hydrogen-bond donors (Lipinski definition) is 3. The number of nitrogen functional groups attached to an aromatic ring is 1. The summed E-state index contributed by atoms with van der Waals surface area (Å²) in [6.07, 6.45) is 0. The monoisotopic (exact) mass is 418 g/mol. The molecule has 3 rings (SSSR count). The van der Waals surface area contributed by atoms with Crippen LogP contribution in [0.4, 0.5) is 11.4 Å². The first kappa shape index (κ1) is 21.5. The van der Waals surface area contributed by atoms with Gasteiger partial charge in [0.05, 0.1) is 31.4 Å². The molecule has 4 N–H and O–H groups in total. The minimum absolute atomic E-state index is 0.0191. The van der Waals surface area contributed by atoms with Crippen LogP contribution >= 0.6 is 0 Å². The third-order valence-electron chi connectivity index (χ3n) is 4.92. The smallest absolute Gasteiger partial charge is 0.337 e. The summed E-state index contributed by atoms with van der Waals surface area (Å²) in [4.78, 5) is 26.1. The number of ether oxygens (including phenoxy) is 2. The normalized spacial score (nSPS) is 15.6. The summed E-state index contributed by atoms with van der Waals surface area (Å²) in [6, 6.07) is 15.8. The molecule has 0 aromatic heterocycles. The molecule has 0 fully saturated rings. The highest BCUT2D eigenvalue weighted by molar-refractivity contribution is 6.09. The molecule has 1 aliphatic heterocycles. The molecule has 1 unspecified atom stereocenters. The lowest BCUT2D eigenvalue weighted by Crippen LogP contribution is -2.34. The van der Waals surface area contributed by atoms with Gasteiger partial charge in [-0.05, 0) is 36.8 Å². The van der Waals surface area contributed by atoms with Crippen LogP contribution in [0, 0.1) is 11.3 Å². The minimum Gasteiger partial charge on any atom is -0.495 e. The molecule has 0 bridgehead atoms. The highest BCUT2D eigenvalue weighted by Gasteiger charge is 2.38. The number of dihydropyridines is 1. The number of allylic oxidation sites excluding steroid dienone is 2. The van der Waals surface area contributed by atoms with E-state index in [1.165, 1.54) is 14.2 Å². The van der Waals surface area contributed by atoms with Gasteiger partial charge in [-0.15, -0.1) is 0 Å². The second-order valence-corrected chi connectivity index (χ2v) is 6.81. The molecule has 1 heterocycles. The zero-order chi connectivity index (χ0) is 22.5. The lowest BCUT2D eigenvalue weighted by atomic mass is 9.79. The molecule has 0 saturated carbocycles. The first-order valence-corrected chi connectivity index (χ1v) is 9.41. The van der Waals surface area contributed by atoms with Crippen LogP contribution in [0.2, 0.25) is 0 Å². The number of carbonyl (C=O) groups is 2. The fourth-order valence-electron chi connectivity index (χ4n) is 3.56. The Kier molecular flexibility index (Phi) is 6.26. The van der Waals surface area contributed by atoms with E-state index < -0.39 is 17.8 Å². The van der Waals surface area contributed by atoms with Crippen molar-refractivity contribution in [2.24, 2.45) is 0 Å². The SMILES string of the molecule is COC(=O)C1=C(C#N)NC(C)=C(C(=O)Nc2ccccc2OC)C1c1cccc(N)c1. The van der Waals surface area contributed by atoms with Crippen LogP contribution in [-0.4, -0.2) is 26.1 Å². The van der Waals surface area contributed by atoms with E-state index in [0.29, 0.717) is 28.4 Å². The lowest BCUT2D eigenvalue weighted by Gasteiger charge is -2.30. The number of rotatable bonds is 5. The van der Waals surface area contributed by atoms with Crippen LogP contribution in [0.5, 0.6) is 5.75 Å². The van der Waals surface area contributed by atoms with Gasteiger partial charge in [-0.25, -0.2) is 4.79 Å². The van der Waals surface area contributed by atoms with Crippen LogP contribution in [0.1, 0.15) is 18.4 Å². The van der Waals surface area contributed by atoms with Crippen molar-refractivity contribution in [3.8, 4) is 11.8 Å². The van der Waals surface area contributed by atoms with Gasteiger partial charge in [-0.3, -0.25) is 4.79 Å². The van der Waals surface area contributed by atoms with E-state index in [0.717, 1.165) is 0 Å². The average Bonchev–Trinajstić information content (AvgIpc) is 2.77. The summed E-state index contributed by atoms with van der Waals surface area (Å²) >= 11 is 0. The van der Waals surface area contributed by atoms with Crippen LogP contribution in [0.25, 0.3) is 0 Å². The molecule has 0 saturated heterocycles. The third-order valence-corrected chi connectivity index (χ3v) is 4.92. The number of anilines is 2. The third kappa shape index (κ3) is 4.21. The molecule has 0 spiro atoms. The molecule has 158 valence electrons. The van der Waals surface area contributed by atoms with Gasteiger partial charge in [0.1, 0.15) is 17.5 Å². The number of hydrogen-bond acceptors (Lipinski definition) is 7. The number of para-hydroxylation sites is 2. The summed E-state index contributed by atoms with van der Waals surface area (Å²) in [6.45, 7) is 1.67. The van der Waals surface area contributed by atoms with Crippen molar-refractivity contribution < 1.29 is 19.1 Å². The van der Waals surface area contributed by atoms with Gasteiger partial charge in [0.15, 0.2) is 0 Å². The molecule has 0 radical (unpaired) electrons. The largest absolute Gasteiger partial charge is 0.495 e. The van der Waals surface area contributed by atoms with Crippen LogP contribution in [0.3, 0.4) is 0 Å². The topological polar surface area (TPSA) is 126 Å². The number of methoxy groups -OCH3 is 2. The predicted molar refractivity (Wildman–Crippen MR) is 116 cm³/mol. The fourth-order valence-corrected chi connectivity index (χ4v) is 3.56. The summed E-state index contributed by atoms with van der Waals surface area (Å²) < 4.78 is 10.2. The lowest BCUT2D eigenvalue weighted by molar-refractivity contribution is -0.136. The maximum Gasteiger partial charge on any atom is 0.337 e. The molecule has 1 atom stereocenters. The molecule has 1 aliphatic rings. The maximum atomic E-state index is 13.4. The van der Waals surface area contributed by atoms with E-state index in [4.69, 9.17) is 15.2 Å². The minimum atomic E-state index is -0.860. The van der Waals surface area contributed by atoms with Gasteiger partial charge in [-0.1, -0.05) is 24.3 Å². The quantitative estimate of drug-likeness (QED) is 0.503. The molecule has 8 heteroatoms. The number of nitrogens with zero attached hydrogens (tertiary/aromatic N) is 1. The first-order valence-electron chi connectivity index (χ1n) is 9.41. The number of nitriles is 1. The second-order valence-electron chi connectivity index (χ2n) is 6.81. The highest BCUT2D eigenvalue weighted by atomic mass is 16.5. The zero-order valence-electron chi connectivity index (χ0n) is 17.4. The summed E-state index contributed by atoms with van der Waals surface area (Å²) in [5.41, 5.74) is 8.22. The van der Waals surface area contributed by atoms with E-state index in [-0.39, 0.29) is 16.8 Å². The highest BCUT2D eigenvalue weighted by Crippen LogP contribution is 2.40. The molecule has 31 heavy (non-hydrogen) atoms. The number of esters is 1. The van der Waals surface area contributed by atoms with Gasteiger partial charge in [0.2, 0.25) is 0 Å². The predicted octanol–water partition coefficient (Wildman–Crippen LogP) is 2.83. The van der Waals surface area contributed by atoms with E-state index in [9.17, 15) is 14.9 Å². The van der Waals surface area contributed by atoms with E-state index >= 15 is 0 Å². The molecule has 8 nitrogen and oxygen atoms in total. The Morgan fingerprint density at radius 1 is 1.13 bits per heavy atom. The summed E-state index contributed by atoms with van der Waals surface area (Å²) in [5.74, 6) is -1.55. The Labute approximate surface area is 180 Å². The van der Waals surface area contributed by atoms with Crippen LogP contribution < -0.4 is 21.1 Å². The van der Waals surface area contributed by atoms with Gasteiger partial charge < -0.3 is 25.8 Å². The number of carbonyl (C=O) groups excluding carboxylic acids is 2. The number of benzene rings is 2. The Morgan fingerprint density at radius 2 is 1.87 bits per heavy atom. The number of amides is 1. The summed E-state index contributed by atoms with van der Waals surface area (Å²) in [7, 11) is 2.73. The van der Waals surface area contributed by atoms with Crippen molar-refractivity contribution in [3.05, 3.63) is 76.6 Å². The van der Waals surface area contributed by atoms with Gasteiger partial charge in [-0.2, -0.15) is 5.26 Å². The number of nitrogens with two attached hydrogens (primary N) is 1. The first-order chi connectivity index (χ1) is 14.9. The molecule has 2 aromatic carbocycles. The van der Waals surface area contributed by atoms with Crippen LogP contribution in [0.15, 0.2) is 71.1 Å². The number of nitrogens with one attached hydrogen (secondary N) is 2. The molecular formula is C23H22N4O4. The van der Waals surface area contributed by atoms with Crippen LogP contribution in [-0.2, 0) is 14.3 Å².